The van der Waals surface area contributed by atoms with E-state index in [2.05, 4.69) is 5.32 Å². The summed E-state index contributed by atoms with van der Waals surface area (Å²) in [4.78, 5) is 44.3. The summed E-state index contributed by atoms with van der Waals surface area (Å²) < 4.78 is 5.67. The van der Waals surface area contributed by atoms with Gasteiger partial charge in [-0.15, -0.1) is 0 Å². The van der Waals surface area contributed by atoms with Gasteiger partial charge in [-0.1, -0.05) is 47.8 Å². The van der Waals surface area contributed by atoms with Crippen LogP contribution >= 0.6 is 34.8 Å². The van der Waals surface area contributed by atoms with Crippen LogP contribution in [0.1, 0.15) is 44.1 Å². The van der Waals surface area contributed by atoms with Gasteiger partial charge in [0.1, 0.15) is 11.3 Å². The van der Waals surface area contributed by atoms with E-state index in [4.69, 9.17) is 39.5 Å². The number of carbonyl (C=O) groups excluding carboxylic acids is 3. The summed E-state index contributed by atoms with van der Waals surface area (Å²) in [5.41, 5.74) is -0.652. The normalized spacial score (nSPS) is 24.3. The fourth-order valence-corrected chi connectivity index (χ4v) is 6.35. The zero-order valence-corrected chi connectivity index (χ0v) is 24.3. The number of rotatable bonds is 6. The Kier molecular flexibility index (Phi) is 7.90. The Balaban J connectivity index is 1.43. The molecule has 2 aromatic carbocycles. The van der Waals surface area contributed by atoms with Gasteiger partial charge in [-0.3, -0.25) is 14.5 Å². The van der Waals surface area contributed by atoms with Gasteiger partial charge in [-0.2, -0.15) is 0 Å². The third-order valence-corrected chi connectivity index (χ3v) is 9.64. The van der Waals surface area contributed by atoms with Crippen LogP contribution in [0.2, 0.25) is 15.1 Å². The fraction of sp³-hybridized carbons (Fsp3) is 0.483. The molecule has 0 unspecified atom stereocenters. The van der Waals surface area contributed by atoms with Crippen molar-refractivity contribution in [2.24, 2.45) is 11.3 Å². The summed E-state index contributed by atoms with van der Waals surface area (Å²) in [6.07, 6.45) is 2.30. The Morgan fingerprint density at radius 1 is 1.00 bits per heavy atom. The third-order valence-electron chi connectivity index (χ3n) is 8.65. The van der Waals surface area contributed by atoms with E-state index >= 15 is 0 Å². The van der Waals surface area contributed by atoms with Crippen molar-refractivity contribution < 1.29 is 19.1 Å². The van der Waals surface area contributed by atoms with Crippen LogP contribution < -0.4 is 10.1 Å². The molecule has 208 valence electrons. The van der Waals surface area contributed by atoms with Gasteiger partial charge in [0, 0.05) is 55.5 Å². The van der Waals surface area contributed by atoms with Gasteiger partial charge in [0.15, 0.2) is 5.78 Å². The van der Waals surface area contributed by atoms with Gasteiger partial charge in [0.2, 0.25) is 5.91 Å². The summed E-state index contributed by atoms with van der Waals surface area (Å²) in [7, 11) is 1.61. The van der Waals surface area contributed by atoms with Crippen molar-refractivity contribution in [3.8, 4) is 5.75 Å². The SMILES string of the molecule is CN(C(=O)Oc1ccc(Cl)cc1)[C@@]1(C(=O)C2CCN(C(=O)C3(C)CC3)CC2)CNC[C@@H]1c1ccc(Cl)c(Cl)c1. The van der Waals surface area contributed by atoms with Gasteiger partial charge >= 0.3 is 6.09 Å². The van der Waals surface area contributed by atoms with Crippen molar-refractivity contribution in [1.82, 2.24) is 15.1 Å². The lowest BCUT2D eigenvalue weighted by Crippen LogP contribution is -2.62. The van der Waals surface area contributed by atoms with E-state index in [0.29, 0.717) is 53.3 Å². The van der Waals surface area contributed by atoms with E-state index in [9.17, 15) is 14.4 Å². The predicted octanol–water partition coefficient (Wildman–Crippen LogP) is 5.81. The van der Waals surface area contributed by atoms with Crippen molar-refractivity contribution in [2.45, 2.75) is 44.1 Å². The quantitative estimate of drug-likeness (QED) is 0.458. The van der Waals surface area contributed by atoms with Gasteiger partial charge in [0.25, 0.3) is 0 Å². The number of hydrogen-bond donors (Lipinski definition) is 1. The number of amides is 2. The summed E-state index contributed by atoms with van der Waals surface area (Å²) in [5, 5.41) is 4.67. The van der Waals surface area contributed by atoms with Crippen molar-refractivity contribution in [3.05, 3.63) is 63.1 Å². The fourth-order valence-electron chi connectivity index (χ4n) is 5.91. The van der Waals surface area contributed by atoms with Gasteiger partial charge in [0.05, 0.1) is 10.0 Å². The first-order valence-electron chi connectivity index (χ1n) is 13.3. The van der Waals surface area contributed by atoms with Crippen molar-refractivity contribution >= 4 is 52.6 Å². The highest BCUT2D eigenvalue weighted by Crippen LogP contribution is 2.47. The molecular formula is C29H32Cl3N3O4. The van der Waals surface area contributed by atoms with Gasteiger partial charge in [-0.25, -0.2) is 4.79 Å². The van der Waals surface area contributed by atoms with Crippen LogP contribution in [0.25, 0.3) is 0 Å². The highest BCUT2D eigenvalue weighted by molar-refractivity contribution is 6.42. The number of hydrogen-bond acceptors (Lipinski definition) is 5. The van der Waals surface area contributed by atoms with Crippen LogP contribution in [0.3, 0.4) is 0 Å². The second kappa shape index (κ2) is 10.9. The van der Waals surface area contributed by atoms with E-state index in [1.807, 2.05) is 17.9 Å². The lowest BCUT2D eigenvalue weighted by Gasteiger charge is -2.44. The molecule has 10 heteroatoms. The maximum Gasteiger partial charge on any atom is 0.415 e. The van der Waals surface area contributed by atoms with Crippen molar-refractivity contribution in [2.75, 3.05) is 33.2 Å². The van der Waals surface area contributed by atoms with E-state index in [1.165, 1.54) is 4.90 Å². The van der Waals surface area contributed by atoms with E-state index in [-0.39, 0.29) is 35.5 Å². The smallest absolute Gasteiger partial charge is 0.410 e. The molecule has 3 aliphatic rings. The molecule has 2 saturated heterocycles. The molecular weight excluding hydrogens is 561 g/mol. The Bertz CT molecular complexity index is 1280. The number of nitrogens with zero attached hydrogens (tertiary/aromatic N) is 2. The van der Waals surface area contributed by atoms with Crippen LogP contribution in [0.4, 0.5) is 4.79 Å². The Labute approximate surface area is 243 Å². The van der Waals surface area contributed by atoms with Crippen molar-refractivity contribution in [3.63, 3.8) is 0 Å². The first kappa shape index (κ1) is 28.2. The summed E-state index contributed by atoms with van der Waals surface area (Å²) in [5.74, 6) is -0.215. The minimum atomic E-state index is -1.22. The third kappa shape index (κ3) is 5.39. The Hall–Kier alpha value is -2.32. The number of halogens is 3. The van der Waals surface area contributed by atoms with Crippen LogP contribution in [0.15, 0.2) is 42.5 Å². The second-order valence-electron chi connectivity index (χ2n) is 11.2. The number of likely N-dealkylation sites (N-methyl/N-ethyl adjacent to an activating group) is 1. The summed E-state index contributed by atoms with van der Waals surface area (Å²) in [6.45, 7) is 3.81. The summed E-state index contributed by atoms with van der Waals surface area (Å²) >= 11 is 18.5. The number of Topliss-reactive ketones (excluding diaryl/α,β-unsaturated/α-hetero) is 1. The molecule has 7 nitrogen and oxygen atoms in total. The number of likely N-dealkylation sites (tertiary alicyclic amines) is 1. The van der Waals surface area contributed by atoms with E-state index < -0.39 is 11.6 Å². The highest BCUT2D eigenvalue weighted by Gasteiger charge is 2.57. The average molecular weight is 593 g/mol. The van der Waals surface area contributed by atoms with Crippen LogP contribution in [-0.2, 0) is 9.59 Å². The lowest BCUT2D eigenvalue weighted by molar-refractivity contribution is -0.142. The number of nitrogens with one attached hydrogen (secondary N) is 1. The standard InChI is InChI=1S/C29H32Cl3N3O4/c1-28(11-12-28)26(37)35-13-9-18(10-14-35)25(36)29(34(2)27(38)39-21-6-4-20(30)5-7-21)17-33-16-22(29)19-3-8-23(31)24(32)15-19/h3-8,15,18,22,33H,9-14,16-17H2,1-2H3/t22-,29+/m1/s1. The molecule has 2 heterocycles. The maximum absolute atomic E-state index is 14.5. The number of ether oxygens (including phenoxy) is 1. The Morgan fingerprint density at radius 2 is 1.67 bits per heavy atom. The first-order valence-corrected chi connectivity index (χ1v) is 14.4. The predicted molar refractivity (Wildman–Crippen MR) is 152 cm³/mol. The molecule has 2 amide bonds. The Morgan fingerprint density at radius 3 is 2.28 bits per heavy atom. The highest BCUT2D eigenvalue weighted by atomic mass is 35.5. The average Bonchev–Trinajstić information content (AvgIpc) is 3.53. The molecule has 1 aliphatic carbocycles. The molecule has 1 N–H and O–H groups in total. The number of ketones is 1. The molecule has 0 aromatic heterocycles. The number of benzene rings is 2. The lowest BCUT2D eigenvalue weighted by atomic mass is 9.72. The first-order chi connectivity index (χ1) is 18.5. The molecule has 0 radical (unpaired) electrons. The zero-order valence-electron chi connectivity index (χ0n) is 22.0. The molecule has 0 spiro atoms. The van der Waals surface area contributed by atoms with Gasteiger partial charge < -0.3 is 15.0 Å². The molecule has 0 bridgehead atoms. The molecule has 2 aromatic rings. The van der Waals surface area contributed by atoms with Crippen LogP contribution in [0, 0.1) is 11.3 Å². The van der Waals surface area contributed by atoms with Gasteiger partial charge in [-0.05, 0) is 67.6 Å². The zero-order chi connectivity index (χ0) is 27.9. The monoisotopic (exact) mass is 591 g/mol. The largest absolute Gasteiger partial charge is 0.415 e. The second-order valence-corrected chi connectivity index (χ2v) is 12.4. The molecule has 39 heavy (non-hydrogen) atoms. The summed E-state index contributed by atoms with van der Waals surface area (Å²) in [6, 6.07) is 11.8. The molecule has 5 rings (SSSR count). The number of carbonyl (C=O) groups is 3. The van der Waals surface area contributed by atoms with Crippen LogP contribution in [-0.4, -0.2) is 66.3 Å². The maximum atomic E-state index is 14.5. The minimum Gasteiger partial charge on any atom is -0.410 e. The minimum absolute atomic E-state index is 0.0381. The topological polar surface area (TPSA) is 79.0 Å². The number of piperidine rings is 1. The molecule has 2 atom stereocenters. The van der Waals surface area contributed by atoms with E-state index in [1.54, 1.807) is 43.4 Å². The molecule has 2 aliphatic heterocycles. The van der Waals surface area contributed by atoms with E-state index in [0.717, 1.165) is 18.4 Å². The van der Waals surface area contributed by atoms with Crippen LogP contribution in [0.5, 0.6) is 5.75 Å². The van der Waals surface area contributed by atoms with Crippen molar-refractivity contribution in [1.29, 1.82) is 0 Å². The molecule has 3 fully saturated rings. The molecule has 1 saturated carbocycles.